The highest BCUT2D eigenvalue weighted by Gasteiger charge is 2.67. The van der Waals surface area contributed by atoms with Crippen molar-refractivity contribution in [3.05, 3.63) is 77.9 Å². The molecule has 2 aromatic carbocycles. The SMILES string of the molecule is C=CCN1C(=O)C2(/C(=C(\O)c3ccc(OCCC)cc3)C(=O)C(=O)N2CC2CCCO2)c2ccccc21. The first kappa shape index (κ1) is 24.8. The third-order valence-corrected chi connectivity index (χ3v) is 7.13. The Kier molecular flexibility index (Phi) is 6.60. The zero-order valence-electron chi connectivity index (χ0n) is 20.8. The summed E-state index contributed by atoms with van der Waals surface area (Å²) in [7, 11) is 0. The van der Waals surface area contributed by atoms with Gasteiger partial charge in [-0.25, -0.2) is 0 Å². The lowest BCUT2D eigenvalue weighted by Gasteiger charge is -2.35. The summed E-state index contributed by atoms with van der Waals surface area (Å²) in [4.78, 5) is 44.3. The molecule has 2 amide bonds. The monoisotopic (exact) mass is 502 g/mol. The Morgan fingerprint density at radius 3 is 2.62 bits per heavy atom. The molecule has 2 unspecified atom stereocenters. The number of nitrogens with zero attached hydrogens (tertiary/aromatic N) is 2. The minimum atomic E-state index is -1.80. The third-order valence-electron chi connectivity index (χ3n) is 7.13. The maximum atomic E-state index is 14.3. The van der Waals surface area contributed by atoms with Crippen LogP contribution in [-0.4, -0.2) is 60.0 Å². The van der Waals surface area contributed by atoms with Crippen LogP contribution in [0.1, 0.15) is 37.3 Å². The van der Waals surface area contributed by atoms with Crippen molar-refractivity contribution >= 4 is 29.0 Å². The number of aliphatic hydroxyl groups is 1. The van der Waals surface area contributed by atoms with Crippen molar-refractivity contribution in [3.8, 4) is 5.75 Å². The minimum Gasteiger partial charge on any atom is -0.507 e. The molecule has 2 atom stereocenters. The summed E-state index contributed by atoms with van der Waals surface area (Å²) in [6.07, 6.45) is 3.68. The van der Waals surface area contributed by atoms with Crippen LogP contribution in [0, 0.1) is 0 Å². The zero-order valence-corrected chi connectivity index (χ0v) is 20.8. The van der Waals surface area contributed by atoms with E-state index in [0.29, 0.717) is 42.2 Å². The maximum Gasteiger partial charge on any atom is 0.296 e. The van der Waals surface area contributed by atoms with Gasteiger partial charge in [0, 0.05) is 30.8 Å². The molecule has 37 heavy (non-hydrogen) atoms. The Balaban J connectivity index is 1.71. The Bertz CT molecular complexity index is 1280. The van der Waals surface area contributed by atoms with Crippen LogP contribution in [0.25, 0.3) is 5.76 Å². The Morgan fingerprint density at radius 2 is 1.95 bits per heavy atom. The lowest BCUT2D eigenvalue weighted by Crippen LogP contribution is -2.53. The summed E-state index contributed by atoms with van der Waals surface area (Å²) in [5.41, 5.74) is -0.682. The molecule has 2 aromatic rings. The van der Waals surface area contributed by atoms with Crippen LogP contribution in [0.5, 0.6) is 5.75 Å². The van der Waals surface area contributed by atoms with E-state index < -0.39 is 28.9 Å². The molecular weight excluding hydrogens is 472 g/mol. The van der Waals surface area contributed by atoms with Crippen molar-refractivity contribution in [1.82, 2.24) is 4.90 Å². The maximum absolute atomic E-state index is 14.3. The van der Waals surface area contributed by atoms with E-state index in [0.717, 1.165) is 12.8 Å². The molecule has 8 heteroatoms. The molecule has 2 fully saturated rings. The number of para-hydroxylation sites is 1. The first-order valence-corrected chi connectivity index (χ1v) is 12.6. The van der Waals surface area contributed by atoms with Crippen LogP contribution < -0.4 is 9.64 Å². The van der Waals surface area contributed by atoms with Crippen LogP contribution in [-0.2, 0) is 24.7 Å². The number of anilines is 1. The highest BCUT2D eigenvalue weighted by Crippen LogP contribution is 2.53. The molecule has 0 bridgehead atoms. The van der Waals surface area contributed by atoms with E-state index in [-0.39, 0.29) is 24.8 Å². The first-order chi connectivity index (χ1) is 17.9. The van der Waals surface area contributed by atoms with Crippen molar-refractivity contribution in [2.24, 2.45) is 0 Å². The van der Waals surface area contributed by atoms with Gasteiger partial charge in [-0.1, -0.05) is 31.2 Å². The molecule has 0 radical (unpaired) electrons. The lowest BCUT2D eigenvalue weighted by atomic mass is 9.81. The molecule has 3 aliphatic rings. The number of likely N-dealkylation sites (tertiary alicyclic amines) is 1. The van der Waals surface area contributed by atoms with E-state index in [1.807, 2.05) is 6.92 Å². The number of ketones is 1. The van der Waals surface area contributed by atoms with Gasteiger partial charge in [0.15, 0.2) is 5.54 Å². The van der Waals surface area contributed by atoms with E-state index in [1.165, 1.54) is 9.80 Å². The summed E-state index contributed by atoms with van der Waals surface area (Å²) in [6.45, 7) is 7.13. The fourth-order valence-electron chi connectivity index (χ4n) is 5.49. The number of benzene rings is 2. The van der Waals surface area contributed by atoms with Crippen LogP contribution in [0.4, 0.5) is 5.69 Å². The molecule has 1 spiro atoms. The van der Waals surface area contributed by atoms with Crippen LogP contribution in [0.2, 0.25) is 0 Å². The fraction of sp³-hybridized carbons (Fsp3) is 0.345. The fourth-order valence-corrected chi connectivity index (χ4v) is 5.49. The number of fused-ring (bicyclic) bond motifs is 2. The van der Waals surface area contributed by atoms with Gasteiger partial charge in [0.25, 0.3) is 17.6 Å². The number of carbonyl (C=O) groups excluding carboxylic acids is 3. The van der Waals surface area contributed by atoms with Crippen molar-refractivity contribution in [1.29, 1.82) is 0 Å². The summed E-state index contributed by atoms with van der Waals surface area (Å²) in [6, 6.07) is 13.7. The largest absolute Gasteiger partial charge is 0.507 e. The predicted molar refractivity (Wildman–Crippen MR) is 138 cm³/mol. The second kappa shape index (κ2) is 9.86. The summed E-state index contributed by atoms with van der Waals surface area (Å²) in [5, 5.41) is 11.6. The van der Waals surface area contributed by atoms with Gasteiger partial charge in [0.05, 0.1) is 24.0 Å². The van der Waals surface area contributed by atoms with Gasteiger partial charge >= 0.3 is 0 Å². The number of rotatable bonds is 8. The molecule has 3 aliphatic heterocycles. The molecule has 8 nitrogen and oxygen atoms in total. The number of amides is 2. The Morgan fingerprint density at radius 1 is 1.19 bits per heavy atom. The van der Waals surface area contributed by atoms with E-state index >= 15 is 0 Å². The van der Waals surface area contributed by atoms with Crippen LogP contribution in [0.15, 0.2) is 66.8 Å². The van der Waals surface area contributed by atoms with E-state index in [4.69, 9.17) is 9.47 Å². The molecule has 0 aliphatic carbocycles. The summed E-state index contributed by atoms with van der Waals surface area (Å²) >= 11 is 0. The smallest absolute Gasteiger partial charge is 0.296 e. The van der Waals surface area contributed by atoms with Crippen molar-refractivity contribution in [3.63, 3.8) is 0 Å². The predicted octanol–water partition coefficient (Wildman–Crippen LogP) is 3.76. The number of ether oxygens (including phenoxy) is 2. The summed E-state index contributed by atoms with van der Waals surface area (Å²) in [5.74, 6) is -1.99. The van der Waals surface area contributed by atoms with Crippen molar-refractivity contribution in [2.45, 2.75) is 37.8 Å². The molecule has 5 rings (SSSR count). The normalized spacial score (nSPS) is 24.2. The highest BCUT2D eigenvalue weighted by molar-refractivity contribution is 6.50. The standard InChI is InChI=1S/C29H30N2O6/c1-3-15-30-23-10-6-5-9-22(23)29(28(30)35)24(25(32)19-11-13-20(14-12-19)36-16-4-2)26(33)27(34)31(29)18-21-8-7-17-37-21/h3,5-6,9-14,21,32H,1,4,7-8,15-18H2,2H3/b25-24-. The second-order valence-corrected chi connectivity index (χ2v) is 9.41. The third kappa shape index (κ3) is 3.83. The molecule has 0 saturated carbocycles. The molecular formula is C29H30N2O6. The van der Waals surface area contributed by atoms with Gasteiger partial charge in [-0.05, 0) is 49.6 Å². The number of hydrogen-bond acceptors (Lipinski definition) is 6. The van der Waals surface area contributed by atoms with Crippen LogP contribution >= 0.6 is 0 Å². The Labute approximate surface area is 215 Å². The van der Waals surface area contributed by atoms with E-state index in [9.17, 15) is 19.5 Å². The number of Topliss-reactive ketones (excluding diaryl/α,β-unsaturated/α-hetero) is 1. The van der Waals surface area contributed by atoms with Gasteiger partial charge in [-0.2, -0.15) is 0 Å². The molecule has 3 heterocycles. The van der Waals surface area contributed by atoms with Gasteiger partial charge < -0.3 is 24.4 Å². The summed E-state index contributed by atoms with van der Waals surface area (Å²) < 4.78 is 11.4. The van der Waals surface area contributed by atoms with Gasteiger partial charge in [-0.15, -0.1) is 6.58 Å². The van der Waals surface area contributed by atoms with Gasteiger partial charge in [0.2, 0.25) is 0 Å². The second-order valence-electron chi connectivity index (χ2n) is 9.41. The molecule has 192 valence electrons. The Hall–Kier alpha value is -3.91. The number of aliphatic hydroxyl groups excluding tert-OH is 1. The minimum absolute atomic E-state index is 0.0627. The van der Waals surface area contributed by atoms with Gasteiger partial charge in [-0.3, -0.25) is 14.4 Å². The van der Waals surface area contributed by atoms with E-state index in [1.54, 1.807) is 54.6 Å². The highest BCUT2D eigenvalue weighted by atomic mass is 16.5. The van der Waals surface area contributed by atoms with Crippen molar-refractivity contribution in [2.75, 3.05) is 31.2 Å². The van der Waals surface area contributed by atoms with Gasteiger partial charge in [0.1, 0.15) is 11.5 Å². The average molecular weight is 503 g/mol. The van der Waals surface area contributed by atoms with E-state index in [2.05, 4.69) is 6.58 Å². The molecule has 0 aromatic heterocycles. The quantitative estimate of drug-likeness (QED) is 0.256. The number of hydrogen-bond donors (Lipinski definition) is 1. The lowest BCUT2D eigenvalue weighted by molar-refractivity contribution is -0.145. The molecule has 1 N–H and O–H groups in total. The van der Waals surface area contributed by atoms with Crippen LogP contribution in [0.3, 0.4) is 0 Å². The number of carbonyl (C=O) groups is 3. The van der Waals surface area contributed by atoms with Crippen molar-refractivity contribution < 1.29 is 29.0 Å². The first-order valence-electron chi connectivity index (χ1n) is 12.6. The zero-order chi connectivity index (χ0) is 26.2. The topological polar surface area (TPSA) is 96.4 Å². The average Bonchev–Trinajstić information content (AvgIpc) is 3.57. The molecule has 2 saturated heterocycles.